The van der Waals surface area contributed by atoms with Gasteiger partial charge in [-0.15, -0.1) is 0 Å². The topological polar surface area (TPSA) is 173 Å². The van der Waals surface area contributed by atoms with Crippen molar-refractivity contribution in [3.8, 4) is 0 Å². The summed E-state index contributed by atoms with van der Waals surface area (Å²) in [6, 6.07) is 10.2. The van der Waals surface area contributed by atoms with Crippen molar-refractivity contribution in [2.24, 2.45) is 5.11 Å². The first-order valence-electron chi connectivity index (χ1n) is 11.4. The molecule has 0 spiro atoms. The van der Waals surface area contributed by atoms with Gasteiger partial charge in [-0.05, 0) is 49.1 Å². The zero-order chi connectivity index (χ0) is 25.7. The lowest BCUT2D eigenvalue weighted by Gasteiger charge is -2.27. The van der Waals surface area contributed by atoms with Gasteiger partial charge in [0.2, 0.25) is 11.8 Å². The van der Waals surface area contributed by atoms with E-state index >= 15 is 0 Å². The Kier molecular flexibility index (Phi) is 7.26. The molecule has 184 valence electrons. The molecule has 0 bridgehead atoms. The van der Waals surface area contributed by atoms with Crippen LogP contribution in [0.4, 0.5) is 11.4 Å². The number of nitrogens with one attached hydrogen (secondary N) is 3. The van der Waals surface area contributed by atoms with Gasteiger partial charge in [-0.1, -0.05) is 23.3 Å². The molecular formula is C24H23N7O5. The molecule has 1 saturated heterocycles. The number of anilines is 1. The number of rotatable bonds is 9. The highest BCUT2D eigenvalue weighted by Crippen LogP contribution is 2.32. The maximum Gasteiger partial charge on any atom is 0.264 e. The Morgan fingerprint density at radius 2 is 1.81 bits per heavy atom. The van der Waals surface area contributed by atoms with E-state index in [0.717, 1.165) is 4.90 Å². The molecule has 3 N–H and O–H groups in total. The summed E-state index contributed by atoms with van der Waals surface area (Å²) in [7, 11) is 0. The molecule has 2 heterocycles. The molecule has 5 amide bonds. The van der Waals surface area contributed by atoms with Crippen LogP contribution in [0.1, 0.15) is 56.8 Å². The van der Waals surface area contributed by atoms with Crippen LogP contribution in [-0.4, -0.2) is 53.6 Å². The Hall–Kier alpha value is -4.70. The first kappa shape index (κ1) is 24.4. The van der Waals surface area contributed by atoms with Gasteiger partial charge in [0, 0.05) is 41.4 Å². The molecule has 2 aromatic rings. The molecule has 0 aliphatic carbocycles. The average molecular weight is 489 g/mol. The van der Waals surface area contributed by atoms with Crippen molar-refractivity contribution in [3.63, 3.8) is 0 Å². The predicted octanol–water partition coefficient (Wildman–Crippen LogP) is 2.65. The second-order valence-electron chi connectivity index (χ2n) is 8.30. The second kappa shape index (κ2) is 10.7. The molecule has 1 atom stereocenters. The fourth-order valence-electron chi connectivity index (χ4n) is 4.17. The minimum atomic E-state index is -1.01. The zero-order valence-electron chi connectivity index (χ0n) is 19.2. The smallest absolute Gasteiger partial charge is 0.264 e. The Balaban J connectivity index is 1.28. The van der Waals surface area contributed by atoms with E-state index in [1.807, 2.05) is 0 Å². The number of amides is 5. The summed E-state index contributed by atoms with van der Waals surface area (Å²) in [5, 5.41) is 11.6. The summed E-state index contributed by atoms with van der Waals surface area (Å²) in [5.74, 6) is -2.43. The van der Waals surface area contributed by atoms with Crippen LogP contribution in [0.3, 0.4) is 0 Å². The van der Waals surface area contributed by atoms with Crippen molar-refractivity contribution in [2.75, 3.05) is 18.4 Å². The van der Waals surface area contributed by atoms with Gasteiger partial charge in [0.15, 0.2) is 0 Å². The molecule has 2 aliphatic rings. The van der Waals surface area contributed by atoms with E-state index in [1.165, 1.54) is 0 Å². The third kappa shape index (κ3) is 5.03. The molecule has 12 nitrogen and oxygen atoms in total. The third-order valence-electron chi connectivity index (χ3n) is 5.96. The second-order valence-corrected chi connectivity index (χ2v) is 8.30. The molecule has 0 aromatic heterocycles. The van der Waals surface area contributed by atoms with Crippen LogP contribution in [0, 0.1) is 0 Å². The summed E-state index contributed by atoms with van der Waals surface area (Å²) in [4.78, 5) is 65.5. The van der Waals surface area contributed by atoms with Gasteiger partial charge in [0.25, 0.3) is 17.7 Å². The predicted molar refractivity (Wildman–Crippen MR) is 128 cm³/mol. The number of piperidine rings is 1. The molecule has 4 rings (SSSR count). The van der Waals surface area contributed by atoms with Crippen molar-refractivity contribution in [1.82, 2.24) is 15.5 Å². The molecule has 36 heavy (non-hydrogen) atoms. The third-order valence-corrected chi connectivity index (χ3v) is 5.96. The van der Waals surface area contributed by atoms with E-state index in [9.17, 15) is 24.0 Å². The van der Waals surface area contributed by atoms with E-state index in [-0.39, 0.29) is 29.9 Å². The van der Waals surface area contributed by atoms with Crippen LogP contribution >= 0.6 is 0 Å². The number of fused-ring (bicyclic) bond motifs is 1. The number of unbranched alkanes of at least 4 members (excludes halogenated alkanes) is 1. The average Bonchev–Trinajstić information content (AvgIpc) is 3.12. The number of carbonyl (C=O) groups excluding carboxylic acids is 5. The summed E-state index contributed by atoms with van der Waals surface area (Å²) < 4.78 is 0. The highest BCUT2D eigenvalue weighted by molar-refractivity contribution is 6.25. The van der Waals surface area contributed by atoms with Crippen LogP contribution in [0.15, 0.2) is 47.6 Å². The Labute approximate surface area is 205 Å². The van der Waals surface area contributed by atoms with Gasteiger partial charge in [-0.3, -0.25) is 34.2 Å². The minimum Gasteiger partial charge on any atom is -0.384 e. The molecule has 12 heteroatoms. The molecular weight excluding hydrogens is 466 g/mol. The molecule has 2 aliphatic heterocycles. The van der Waals surface area contributed by atoms with Crippen molar-refractivity contribution in [1.29, 1.82) is 0 Å². The fraction of sp³-hybridized carbons (Fsp3) is 0.292. The van der Waals surface area contributed by atoms with Gasteiger partial charge < -0.3 is 10.6 Å². The monoisotopic (exact) mass is 489 g/mol. The van der Waals surface area contributed by atoms with Gasteiger partial charge >= 0.3 is 0 Å². The quantitative estimate of drug-likeness (QED) is 0.160. The van der Waals surface area contributed by atoms with E-state index in [1.54, 1.807) is 42.5 Å². The molecule has 1 unspecified atom stereocenters. The van der Waals surface area contributed by atoms with Crippen LogP contribution in [-0.2, 0) is 9.59 Å². The molecule has 0 radical (unpaired) electrons. The SMILES string of the molecule is [N-]=[N+]=Nc1ccc(C(=O)NCCCCNc2cccc3c2C(=O)N(C2CCC(=O)NC2=O)C3=O)cc1. The van der Waals surface area contributed by atoms with E-state index < -0.39 is 29.7 Å². The van der Waals surface area contributed by atoms with Crippen molar-refractivity contribution >= 4 is 40.9 Å². The lowest BCUT2D eigenvalue weighted by molar-refractivity contribution is -0.136. The molecule has 1 fully saturated rings. The maximum absolute atomic E-state index is 13.1. The molecule has 0 saturated carbocycles. The summed E-state index contributed by atoms with van der Waals surface area (Å²) in [5.41, 5.74) is 10.2. The van der Waals surface area contributed by atoms with Crippen molar-refractivity contribution in [2.45, 2.75) is 31.7 Å². The largest absolute Gasteiger partial charge is 0.384 e. The summed E-state index contributed by atoms with van der Waals surface area (Å²) in [6.07, 6.45) is 1.51. The number of hydrogen-bond donors (Lipinski definition) is 3. The van der Waals surface area contributed by atoms with Gasteiger partial charge in [0.05, 0.1) is 11.1 Å². The van der Waals surface area contributed by atoms with E-state index in [4.69, 9.17) is 5.53 Å². The Morgan fingerprint density at radius 1 is 1.06 bits per heavy atom. The zero-order valence-corrected chi connectivity index (χ0v) is 19.2. The first-order chi connectivity index (χ1) is 17.4. The Bertz CT molecular complexity index is 1280. The number of carbonyl (C=O) groups is 5. The highest BCUT2D eigenvalue weighted by Gasteiger charge is 2.45. The van der Waals surface area contributed by atoms with Crippen LogP contribution < -0.4 is 16.0 Å². The molecule has 2 aromatic carbocycles. The van der Waals surface area contributed by atoms with Crippen molar-refractivity contribution < 1.29 is 24.0 Å². The van der Waals surface area contributed by atoms with Gasteiger partial charge in [-0.2, -0.15) is 0 Å². The Morgan fingerprint density at radius 3 is 2.53 bits per heavy atom. The van der Waals surface area contributed by atoms with Crippen molar-refractivity contribution in [3.05, 3.63) is 69.6 Å². The number of azide groups is 1. The van der Waals surface area contributed by atoms with E-state index in [2.05, 4.69) is 26.0 Å². The number of benzene rings is 2. The summed E-state index contributed by atoms with van der Waals surface area (Å²) in [6.45, 7) is 0.930. The van der Waals surface area contributed by atoms with Crippen LogP contribution in [0.5, 0.6) is 0 Å². The lowest BCUT2D eigenvalue weighted by Crippen LogP contribution is -2.54. The lowest BCUT2D eigenvalue weighted by atomic mass is 10.0. The number of hydrogen-bond acceptors (Lipinski definition) is 7. The normalized spacial score (nSPS) is 16.8. The summed E-state index contributed by atoms with van der Waals surface area (Å²) >= 11 is 0. The number of imide groups is 2. The highest BCUT2D eigenvalue weighted by atomic mass is 16.2. The maximum atomic E-state index is 13.1. The van der Waals surface area contributed by atoms with Gasteiger partial charge in [0.1, 0.15) is 6.04 Å². The standard InChI is InChI=1S/C24H23N7O5/c25-30-29-15-8-6-14(7-9-15)21(33)27-13-2-1-12-26-17-5-3-4-16-20(17)24(36)31(23(16)35)18-10-11-19(32)28-22(18)34/h3-9,18,26H,1-2,10-13H2,(H,27,33)(H,28,32,34). The fourth-order valence-corrected chi connectivity index (χ4v) is 4.17. The van der Waals surface area contributed by atoms with Gasteiger partial charge in [-0.25, -0.2) is 0 Å². The van der Waals surface area contributed by atoms with Crippen LogP contribution in [0.2, 0.25) is 0 Å². The van der Waals surface area contributed by atoms with Crippen LogP contribution in [0.25, 0.3) is 10.4 Å². The van der Waals surface area contributed by atoms with E-state index in [0.29, 0.717) is 42.9 Å². The number of nitrogens with zero attached hydrogens (tertiary/aromatic N) is 4. The minimum absolute atomic E-state index is 0.0620. The first-order valence-corrected chi connectivity index (χ1v) is 11.4.